The van der Waals surface area contributed by atoms with Crippen LogP contribution < -0.4 is 19.7 Å². The Labute approximate surface area is 146 Å². The Kier molecular flexibility index (Phi) is 3.85. The Morgan fingerprint density at radius 3 is 2.60 bits per heavy atom. The van der Waals surface area contributed by atoms with E-state index in [-0.39, 0.29) is 6.79 Å². The largest absolute Gasteiger partial charge is 0.454 e. The molecule has 0 amide bonds. The van der Waals surface area contributed by atoms with E-state index in [0.717, 1.165) is 34.4 Å². The maximum Gasteiger partial charge on any atom is 0.231 e. The van der Waals surface area contributed by atoms with Crippen LogP contribution in [0.1, 0.15) is 5.69 Å². The van der Waals surface area contributed by atoms with E-state index < -0.39 is 0 Å². The number of aryl methyl sites for hydroxylation is 1. The number of fused-ring (bicyclic) bond motifs is 1. The Morgan fingerprint density at radius 2 is 1.76 bits per heavy atom. The van der Waals surface area contributed by atoms with Crippen LogP contribution in [0.2, 0.25) is 0 Å². The smallest absolute Gasteiger partial charge is 0.231 e. The van der Waals surface area contributed by atoms with Gasteiger partial charge in [-0.1, -0.05) is 18.2 Å². The molecule has 1 aromatic heterocycles. The number of hydrogen-bond acceptors (Lipinski definition) is 6. The second-order valence-electron chi connectivity index (χ2n) is 5.78. The predicted molar refractivity (Wildman–Crippen MR) is 97.1 cm³/mol. The zero-order chi connectivity index (χ0) is 17.2. The highest BCUT2D eigenvalue weighted by Gasteiger charge is 2.14. The highest BCUT2D eigenvalue weighted by atomic mass is 16.7. The molecule has 4 rings (SSSR count). The van der Waals surface area contributed by atoms with Crippen LogP contribution in [-0.4, -0.2) is 23.8 Å². The van der Waals surface area contributed by atoms with Crippen molar-refractivity contribution in [2.24, 2.45) is 0 Å². The molecule has 6 nitrogen and oxygen atoms in total. The van der Waals surface area contributed by atoms with Gasteiger partial charge in [-0.3, -0.25) is 0 Å². The zero-order valence-electron chi connectivity index (χ0n) is 14.1. The first-order chi connectivity index (χ1) is 12.2. The van der Waals surface area contributed by atoms with Gasteiger partial charge in [-0.2, -0.15) is 4.98 Å². The summed E-state index contributed by atoms with van der Waals surface area (Å²) in [6.07, 6.45) is 0. The van der Waals surface area contributed by atoms with E-state index in [1.54, 1.807) is 0 Å². The number of ether oxygens (including phenoxy) is 2. The maximum absolute atomic E-state index is 5.42. The van der Waals surface area contributed by atoms with Crippen LogP contribution in [0, 0.1) is 6.92 Å². The van der Waals surface area contributed by atoms with Crippen molar-refractivity contribution in [1.29, 1.82) is 0 Å². The quantitative estimate of drug-likeness (QED) is 0.777. The number of anilines is 4. The number of benzene rings is 2. The minimum Gasteiger partial charge on any atom is -0.454 e. The summed E-state index contributed by atoms with van der Waals surface area (Å²) in [5.74, 6) is 2.85. The number of para-hydroxylation sites is 1. The molecule has 0 aliphatic carbocycles. The minimum absolute atomic E-state index is 0.261. The van der Waals surface area contributed by atoms with Crippen LogP contribution in [0.25, 0.3) is 0 Å². The summed E-state index contributed by atoms with van der Waals surface area (Å²) >= 11 is 0. The van der Waals surface area contributed by atoms with Crippen molar-refractivity contribution in [2.45, 2.75) is 6.92 Å². The fraction of sp³-hybridized carbons (Fsp3) is 0.158. The molecule has 0 atom stereocenters. The van der Waals surface area contributed by atoms with Crippen molar-refractivity contribution in [3.8, 4) is 11.5 Å². The highest BCUT2D eigenvalue weighted by Crippen LogP contribution is 2.35. The Hall–Kier alpha value is -3.28. The third kappa shape index (κ3) is 3.19. The fourth-order valence-corrected chi connectivity index (χ4v) is 2.66. The van der Waals surface area contributed by atoms with Gasteiger partial charge in [0, 0.05) is 36.2 Å². The van der Waals surface area contributed by atoms with Crippen molar-refractivity contribution in [3.05, 3.63) is 60.3 Å². The second-order valence-corrected chi connectivity index (χ2v) is 5.78. The molecule has 0 unspecified atom stereocenters. The van der Waals surface area contributed by atoms with Crippen LogP contribution in [0.15, 0.2) is 54.6 Å². The molecule has 1 aliphatic rings. The van der Waals surface area contributed by atoms with Crippen molar-refractivity contribution in [1.82, 2.24) is 9.97 Å². The van der Waals surface area contributed by atoms with Crippen molar-refractivity contribution >= 4 is 23.1 Å². The number of aromatic nitrogens is 2. The average Bonchev–Trinajstić information content (AvgIpc) is 3.09. The first kappa shape index (κ1) is 15.3. The van der Waals surface area contributed by atoms with Crippen molar-refractivity contribution in [2.75, 3.05) is 24.1 Å². The first-order valence-corrected chi connectivity index (χ1v) is 8.00. The third-order valence-electron chi connectivity index (χ3n) is 3.93. The van der Waals surface area contributed by atoms with Gasteiger partial charge in [-0.25, -0.2) is 4.98 Å². The molecule has 1 N–H and O–H groups in total. The average molecular weight is 334 g/mol. The van der Waals surface area contributed by atoms with Crippen LogP contribution in [0.4, 0.5) is 23.1 Å². The highest BCUT2D eigenvalue weighted by molar-refractivity contribution is 5.64. The van der Waals surface area contributed by atoms with Gasteiger partial charge < -0.3 is 19.7 Å². The SMILES string of the molecule is Cc1cc(Nc2ccc3c(c2)OCO3)nc(N(C)c2ccccc2)n1. The lowest BCUT2D eigenvalue weighted by Gasteiger charge is -2.18. The fourth-order valence-electron chi connectivity index (χ4n) is 2.66. The van der Waals surface area contributed by atoms with Crippen LogP contribution in [0.5, 0.6) is 11.5 Å². The number of rotatable bonds is 4. The third-order valence-corrected chi connectivity index (χ3v) is 3.93. The van der Waals surface area contributed by atoms with Gasteiger partial charge in [0.2, 0.25) is 12.7 Å². The topological polar surface area (TPSA) is 59.5 Å². The molecule has 2 heterocycles. The van der Waals surface area contributed by atoms with E-state index in [1.165, 1.54) is 0 Å². The first-order valence-electron chi connectivity index (χ1n) is 8.00. The van der Waals surface area contributed by atoms with Gasteiger partial charge in [-0.15, -0.1) is 0 Å². The molecular formula is C19H18N4O2. The van der Waals surface area contributed by atoms with Crippen LogP contribution in [0.3, 0.4) is 0 Å². The van der Waals surface area contributed by atoms with E-state index in [9.17, 15) is 0 Å². The summed E-state index contributed by atoms with van der Waals surface area (Å²) in [5.41, 5.74) is 2.80. The van der Waals surface area contributed by atoms with Gasteiger partial charge in [0.25, 0.3) is 0 Å². The van der Waals surface area contributed by atoms with E-state index >= 15 is 0 Å². The molecule has 126 valence electrons. The second kappa shape index (κ2) is 6.32. The number of nitrogens with one attached hydrogen (secondary N) is 1. The summed E-state index contributed by atoms with van der Waals surface area (Å²) in [5, 5.41) is 3.31. The van der Waals surface area contributed by atoms with Crippen LogP contribution >= 0.6 is 0 Å². The maximum atomic E-state index is 5.42. The molecule has 0 bridgehead atoms. The van der Waals surface area contributed by atoms with Gasteiger partial charge in [0.15, 0.2) is 11.5 Å². The molecule has 6 heteroatoms. The van der Waals surface area contributed by atoms with Gasteiger partial charge in [-0.05, 0) is 31.2 Å². The molecule has 0 radical (unpaired) electrons. The van der Waals surface area contributed by atoms with E-state index in [2.05, 4.69) is 15.3 Å². The summed E-state index contributed by atoms with van der Waals surface area (Å²) in [6.45, 7) is 2.21. The molecular weight excluding hydrogens is 316 g/mol. The van der Waals surface area contributed by atoms with Crippen molar-refractivity contribution in [3.63, 3.8) is 0 Å². The molecule has 0 spiro atoms. The van der Waals surface area contributed by atoms with E-state index in [0.29, 0.717) is 5.95 Å². The van der Waals surface area contributed by atoms with Gasteiger partial charge >= 0.3 is 0 Å². The Bertz CT molecular complexity index is 899. The molecule has 2 aromatic carbocycles. The summed E-state index contributed by atoms with van der Waals surface area (Å²) in [4.78, 5) is 11.1. The minimum atomic E-state index is 0.261. The molecule has 0 saturated heterocycles. The monoisotopic (exact) mass is 334 g/mol. The predicted octanol–water partition coefficient (Wildman–Crippen LogP) is 4.03. The van der Waals surface area contributed by atoms with Crippen LogP contribution in [-0.2, 0) is 0 Å². The molecule has 0 fully saturated rings. The molecule has 0 saturated carbocycles. The van der Waals surface area contributed by atoms with Crippen molar-refractivity contribution < 1.29 is 9.47 Å². The molecule has 25 heavy (non-hydrogen) atoms. The zero-order valence-corrected chi connectivity index (χ0v) is 14.1. The summed E-state index contributed by atoms with van der Waals surface area (Å²) < 4.78 is 10.8. The van der Waals surface area contributed by atoms with E-state index in [4.69, 9.17) is 9.47 Å². The lowest BCUT2D eigenvalue weighted by molar-refractivity contribution is 0.174. The van der Waals surface area contributed by atoms with Gasteiger partial charge in [0.05, 0.1) is 0 Å². The number of hydrogen-bond donors (Lipinski definition) is 1. The van der Waals surface area contributed by atoms with Gasteiger partial charge in [0.1, 0.15) is 5.82 Å². The molecule has 1 aliphatic heterocycles. The standard InChI is InChI=1S/C19H18N4O2/c1-13-10-18(21-14-8-9-16-17(11-14)25-12-24-16)22-19(20-13)23(2)15-6-4-3-5-7-15/h3-11H,12H2,1-2H3,(H,20,21,22). The lowest BCUT2D eigenvalue weighted by atomic mass is 10.2. The molecule has 3 aromatic rings. The Morgan fingerprint density at radius 1 is 0.960 bits per heavy atom. The number of nitrogens with zero attached hydrogens (tertiary/aromatic N) is 3. The summed E-state index contributed by atoms with van der Waals surface area (Å²) in [6, 6.07) is 17.7. The lowest BCUT2D eigenvalue weighted by Crippen LogP contribution is -2.14. The Balaban J connectivity index is 1.61. The van der Waals surface area contributed by atoms with E-state index in [1.807, 2.05) is 73.5 Å². The summed E-state index contributed by atoms with van der Waals surface area (Å²) in [7, 11) is 1.95. The normalized spacial score (nSPS) is 12.1.